The summed E-state index contributed by atoms with van der Waals surface area (Å²) in [5, 5.41) is 0. The maximum Gasteiger partial charge on any atom is 0.418 e. The zero-order chi connectivity index (χ0) is 13.4. The van der Waals surface area contributed by atoms with Crippen molar-refractivity contribution in [1.29, 1.82) is 0 Å². The normalized spacial score (nSPS) is 12.9. The van der Waals surface area contributed by atoms with Crippen LogP contribution in [0.5, 0.6) is 0 Å². The van der Waals surface area contributed by atoms with Crippen molar-refractivity contribution in [2.45, 2.75) is 18.9 Å². The van der Waals surface area contributed by atoms with Crippen molar-refractivity contribution >= 4 is 5.69 Å². The highest BCUT2D eigenvalue weighted by Gasteiger charge is 2.41. The number of alkyl halides is 6. The number of nitrogen functional groups attached to an aromatic ring is 1. The maximum atomic E-state index is 12.6. The monoisotopic (exact) mass is 258 g/mol. The number of benzene rings is 1. The lowest BCUT2D eigenvalue weighted by Gasteiger charge is -2.18. The van der Waals surface area contributed by atoms with E-state index in [4.69, 9.17) is 11.5 Å². The minimum Gasteiger partial charge on any atom is -0.398 e. The molecule has 8 heteroatoms. The fourth-order valence-corrected chi connectivity index (χ4v) is 1.42. The van der Waals surface area contributed by atoms with Gasteiger partial charge in [-0.05, 0) is 11.6 Å². The van der Waals surface area contributed by atoms with Gasteiger partial charge in [-0.25, -0.2) is 0 Å². The quantitative estimate of drug-likeness (QED) is 0.601. The first-order valence-corrected chi connectivity index (χ1v) is 4.35. The summed E-state index contributed by atoms with van der Waals surface area (Å²) in [5.74, 6) is 0. The summed E-state index contributed by atoms with van der Waals surface area (Å²) >= 11 is 0. The first kappa shape index (κ1) is 13.6. The fraction of sp³-hybridized carbons (Fsp3) is 0.333. The molecule has 0 fully saturated rings. The lowest BCUT2D eigenvalue weighted by atomic mass is 10.00. The third-order valence-corrected chi connectivity index (χ3v) is 2.14. The van der Waals surface area contributed by atoms with Crippen LogP contribution in [0.1, 0.15) is 16.7 Å². The van der Waals surface area contributed by atoms with Crippen LogP contribution >= 0.6 is 0 Å². The van der Waals surface area contributed by atoms with E-state index in [0.29, 0.717) is 12.1 Å². The lowest BCUT2D eigenvalue weighted by Crippen LogP contribution is -2.19. The van der Waals surface area contributed by atoms with Gasteiger partial charge in [0.1, 0.15) is 0 Å². The van der Waals surface area contributed by atoms with Crippen molar-refractivity contribution < 1.29 is 26.3 Å². The molecule has 0 unspecified atom stereocenters. The predicted molar refractivity (Wildman–Crippen MR) is 48.7 cm³/mol. The molecule has 0 saturated carbocycles. The van der Waals surface area contributed by atoms with Crippen LogP contribution in [0.2, 0.25) is 0 Å². The molecule has 0 amide bonds. The molecular formula is C9H8F6N2. The molecule has 0 spiro atoms. The van der Waals surface area contributed by atoms with Crippen molar-refractivity contribution in [1.82, 2.24) is 0 Å². The molecule has 96 valence electrons. The topological polar surface area (TPSA) is 52.0 Å². The van der Waals surface area contributed by atoms with E-state index in [1.807, 2.05) is 0 Å². The minimum atomic E-state index is -4.97. The Morgan fingerprint density at radius 3 is 1.82 bits per heavy atom. The van der Waals surface area contributed by atoms with Gasteiger partial charge in [-0.3, -0.25) is 0 Å². The first-order valence-electron chi connectivity index (χ1n) is 4.35. The molecule has 0 saturated heterocycles. The van der Waals surface area contributed by atoms with E-state index < -0.39 is 41.3 Å². The number of hydrogen-bond acceptors (Lipinski definition) is 2. The Morgan fingerprint density at radius 1 is 0.941 bits per heavy atom. The Balaban J connectivity index is 3.55. The van der Waals surface area contributed by atoms with Crippen molar-refractivity contribution in [3.05, 3.63) is 28.8 Å². The van der Waals surface area contributed by atoms with Gasteiger partial charge in [0.15, 0.2) is 0 Å². The largest absolute Gasteiger partial charge is 0.418 e. The molecule has 0 aliphatic heterocycles. The number of hydrogen-bond donors (Lipinski definition) is 2. The highest BCUT2D eigenvalue weighted by molar-refractivity contribution is 5.59. The van der Waals surface area contributed by atoms with Gasteiger partial charge in [-0.1, -0.05) is 6.07 Å². The average molecular weight is 258 g/mol. The third kappa shape index (κ3) is 2.63. The average Bonchev–Trinajstić information content (AvgIpc) is 2.12. The Hall–Kier alpha value is -1.44. The summed E-state index contributed by atoms with van der Waals surface area (Å²) in [6.07, 6.45) is -9.91. The van der Waals surface area contributed by atoms with E-state index in [1.165, 1.54) is 0 Å². The number of halogens is 6. The second kappa shape index (κ2) is 4.10. The fourth-order valence-electron chi connectivity index (χ4n) is 1.42. The number of nitrogens with two attached hydrogens (primary N) is 2. The summed E-state index contributed by atoms with van der Waals surface area (Å²) < 4.78 is 74.8. The molecule has 1 aromatic rings. The first-order chi connectivity index (χ1) is 7.59. The van der Waals surface area contributed by atoms with E-state index in [2.05, 4.69) is 0 Å². The van der Waals surface area contributed by atoms with Crippen molar-refractivity contribution in [2.24, 2.45) is 5.73 Å². The van der Waals surface area contributed by atoms with E-state index in [1.54, 1.807) is 0 Å². The molecule has 0 bridgehead atoms. The minimum absolute atomic E-state index is 0.469. The van der Waals surface area contributed by atoms with Crippen molar-refractivity contribution in [3.63, 3.8) is 0 Å². The third-order valence-electron chi connectivity index (χ3n) is 2.14. The van der Waals surface area contributed by atoms with Gasteiger partial charge in [0.25, 0.3) is 0 Å². The molecule has 0 radical (unpaired) electrons. The van der Waals surface area contributed by atoms with E-state index in [9.17, 15) is 26.3 Å². The number of anilines is 1. The Morgan fingerprint density at radius 2 is 1.47 bits per heavy atom. The molecular weight excluding hydrogens is 250 g/mol. The highest BCUT2D eigenvalue weighted by atomic mass is 19.4. The predicted octanol–water partition coefficient (Wildman–Crippen LogP) is 2.77. The Kier molecular flexibility index (Phi) is 3.28. The molecule has 0 atom stereocenters. The smallest absolute Gasteiger partial charge is 0.398 e. The highest BCUT2D eigenvalue weighted by Crippen LogP contribution is 2.42. The van der Waals surface area contributed by atoms with E-state index in [-0.39, 0.29) is 0 Å². The second-order valence-corrected chi connectivity index (χ2v) is 3.26. The Labute approximate surface area is 92.2 Å². The molecule has 0 aliphatic carbocycles. The summed E-state index contributed by atoms with van der Waals surface area (Å²) in [6, 6.07) is 1.18. The Bertz CT molecular complexity index is 421. The zero-order valence-electron chi connectivity index (χ0n) is 8.28. The SMILES string of the molecule is NCc1ccc(C(F)(F)F)c(N)c1C(F)(F)F. The summed E-state index contributed by atoms with van der Waals surface area (Å²) in [6.45, 7) is -0.544. The van der Waals surface area contributed by atoms with Gasteiger partial charge < -0.3 is 11.5 Å². The van der Waals surface area contributed by atoms with Crippen LogP contribution in [0.15, 0.2) is 12.1 Å². The summed E-state index contributed by atoms with van der Waals surface area (Å²) in [5.41, 5.74) is 5.13. The number of rotatable bonds is 1. The maximum absolute atomic E-state index is 12.6. The van der Waals surface area contributed by atoms with Gasteiger partial charge in [0, 0.05) is 6.54 Å². The molecule has 1 aromatic carbocycles. The molecule has 4 N–H and O–H groups in total. The molecule has 0 aliphatic rings. The summed E-state index contributed by atoms with van der Waals surface area (Å²) in [7, 11) is 0. The van der Waals surface area contributed by atoms with Crippen LogP contribution in [0.4, 0.5) is 32.0 Å². The molecule has 0 heterocycles. The molecule has 2 nitrogen and oxygen atoms in total. The standard InChI is InChI=1S/C9H8F6N2/c10-8(11,12)5-2-1-4(3-16)6(7(5)17)9(13,14)15/h1-2H,3,16-17H2. The van der Waals surface area contributed by atoms with Crippen molar-refractivity contribution in [2.75, 3.05) is 5.73 Å². The van der Waals surface area contributed by atoms with Gasteiger partial charge in [-0.2, -0.15) is 26.3 Å². The van der Waals surface area contributed by atoms with Crippen LogP contribution in [0.25, 0.3) is 0 Å². The van der Waals surface area contributed by atoms with E-state index in [0.717, 1.165) is 0 Å². The molecule has 17 heavy (non-hydrogen) atoms. The zero-order valence-corrected chi connectivity index (χ0v) is 8.28. The van der Waals surface area contributed by atoms with Crippen LogP contribution in [0.3, 0.4) is 0 Å². The second-order valence-electron chi connectivity index (χ2n) is 3.26. The van der Waals surface area contributed by atoms with Gasteiger partial charge in [-0.15, -0.1) is 0 Å². The van der Waals surface area contributed by atoms with Gasteiger partial charge in [0.05, 0.1) is 16.8 Å². The van der Waals surface area contributed by atoms with Crippen LogP contribution in [0, 0.1) is 0 Å². The van der Waals surface area contributed by atoms with Crippen LogP contribution in [-0.2, 0) is 18.9 Å². The van der Waals surface area contributed by atoms with Crippen LogP contribution in [-0.4, -0.2) is 0 Å². The lowest BCUT2D eigenvalue weighted by molar-refractivity contribution is -0.142. The van der Waals surface area contributed by atoms with Crippen molar-refractivity contribution in [3.8, 4) is 0 Å². The molecule has 1 rings (SSSR count). The van der Waals surface area contributed by atoms with E-state index >= 15 is 0 Å². The van der Waals surface area contributed by atoms with Gasteiger partial charge >= 0.3 is 12.4 Å². The summed E-state index contributed by atoms with van der Waals surface area (Å²) in [4.78, 5) is 0. The van der Waals surface area contributed by atoms with Crippen LogP contribution < -0.4 is 11.5 Å². The molecule has 0 aromatic heterocycles. The van der Waals surface area contributed by atoms with Gasteiger partial charge in [0.2, 0.25) is 0 Å².